The van der Waals surface area contributed by atoms with Crippen molar-refractivity contribution in [3.63, 3.8) is 0 Å². The number of H-pyrrole nitrogens is 1. The lowest BCUT2D eigenvalue weighted by molar-refractivity contribution is -0.638. The molecule has 1 heterocycles. The first-order chi connectivity index (χ1) is 4.63. The molecule has 1 rings (SSSR count). The fourth-order valence-corrected chi connectivity index (χ4v) is 0.233. The molecule has 0 aliphatic heterocycles. The summed E-state index contributed by atoms with van der Waals surface area (Å²) in [5.41, 5.74) is 0. The molecule has 0 unspecified atom stereocenters. The number of nitrogens with two attached hydrogens (primary N) is 1. The number of nitrogen functional groups attached to an aromatic ring is 1. The van der Waals surface area contributed by atoms with Crippen LogP contribution in [0.25, 0.3) is 0 Å². The zero-order chi connectivity index (χ0) is 7.98. The predicted molar refractivity (Wildman–Crippen MR) is 29.3 cm³/mol. The lowest BCUT2D eigenvalue weighted by Crippen LogP contribution is -2.41. The van der Waals surface area contributed by atoms with E-state index in [-0.39, 0.29) is 0 Å². The van der Waals surface area contributed by atoms with Gasteiger partial charge in [0.2, 0.25) is 6.33 Å². The highest BCUT2D eigenvalue weighted by atomic mass is 16.9. The van der Waals surface area contributed by atoms with Gasteiger partial charge in [0.15, 0.2) is 0 Å². The summed E-state index contributed by atoms with van der Waals surface area (Å²) < 4.78 is 1.33. The molecule has 1 aromatic rings. The van der Waals surface area contributed by atoms with E-state index in [1.807, 2.05) is 0 Å². The highest BCUT2D eigenvalue weighted by Crippen LogP contribution is 1.46. The Balaban J connectivity index is 0.000000180. The van der Waals surface area contributed by atoms with Crippen LogP contribution in [-0.2, 0) is 0 Å². The minimum atomic E-state index is -1.75. The Labute approximate surface area is 55.0 Å². The minimum absolute atomic E-state index is 1.33. The highest BCUT2D eigenvalue weighted by Gasteiger charge is 1.81. The van der Waals surface area contributed by atoms with Crippen LogP contribution in [-0.4, -0.2) is 15.3 Å². The maximum absolute atomic E-state index is 8.25. The van der Waals surface area contributed by atoms with Gasteiger partial charge in [0, 0.05) is 5.10 Å². The first-order valence-electron chi connectivity index (χ1n) is 2.09. The van der Waals surface area contributed by atoms with Gasteiger partial charge >= 0.3 is 0 Å². The van der Waals surface area contributed by atoms with E-state index in [2.05, 4.69) is 10.2 Å². The van der Waals surface area contributed by atoms with Crippen molar-refractivity contribution in [1.82, 2.24) is 10.2 Å². The van der Waals surface area contributed by atoms with Crippen molar-refractivity contribution >= 4 is 0 Å². The Morgan fingerprint density at radius 1 is 1.70 bits per heavy atom. The van der Waals surface area contributed by atoms with Crippen LogP contribution >= 0.6 is 0 Å². The van der Waals surface area contributed by atoms with Crippen molar-refractivity contribution in [2.24, 2.45) is 0 Å². The normalized spacial score (nSPS) is 7.60. The number of aromatic nitrogens is 3. The van der Waals surface area contributed by atoms with Crippen molar-refractivity contribution in [2.45, 2.75) is 0 Å². The molecule has 0 atom stereocenters. The van der Waals surface area contributed by atoms with Crippen LogP contribution in [0.2, 0.25) is 0 Å². The van der Waals surface area contributed by atoms with Crippen molar-refractivity contribution in [3.8, 4) is 0 Å². The van der Waals surface area contributed by atoms with Crippen molar-refractivity contribution in [1.29, 1.82) is 0 Å². The van der Waals surface area contributed by atoms with Gasteiger partial charge in [-0.1, -0.05) is 0 Å². The molecule has 8 heteroatoms. The molecule has 0 aliphatic rings. The van der Waals surface area contributed by atoms with E-state index in [1.165, 1.54) is 11.0 Å². The quantitative estimate of drug-likeness (QED) is 0.193. The van der Waals surface area contributed by atoms with Crippen LogP contribution in [0.3, 0.4) is 0 Å². The first kappa shape index (κ1) is 8.14. The molecule has 8 nitrogen and oxygen atoms in total. The molecule has 0 aliphatic carbocycles. The molecule has 0 spiro atoms. The molecular formula is C2H5N5O3. The van der Waals surface area contributed by atoms with Crippen LogP contribution in [0.4, 0.5) is 0 Å². The van der Waals surface area contributed by atoms with E-state index in [1.54, 1.807) is 6.33 Å². The molecule has 56 valence electrons. The fourth-order valence-electron chi connectivity index (χ4n) is 0.233. The molecule has 1 aromatic heterocycles. The van der Waals surface area contributed by atoms with Gasteiger partial charge in [-0.15, -0.1) is 9.77 Å². The van der Waals surface area contributed by atoms with E-state index < -0.39 is 5.09 Å². The maximum atomic E-state index is 8.25. The fraction of sp³-hybridized carbons (Fsp3) is 0. The molecule has 0 saturated carbocycles. The monoisotopic (exact) mass is 147 g/mol. The second-order valence-electron chi connectivity index (χ2n) is 1.17. The van der Waals surface area contributed by atoms with Crippen molar-refractivity contribution in [2.75, 3.05) is 5.84 Å². The Hall–Kier alpha value is -1.86. The summed E-state index contributed by atoms with van der Waals surface area (Å²) in [5, 5.41) is 20.8. The molecule has 0 amide bonds. The summed E-state index contributed by atoms with van der Waals surface area (Å²) in [6.45, 7) is 0. The molecule has 0 bridgehead atoms. The topological polar surface area (TPSA) is 125 Å². The molecule has 0 radical (unpaired) electrons. The number of aromatic amines is 1. The van der Waals surface area contributed by atoms with E-state index in [0.717, 1.165) is 0 Å². The zero-order valence-corrected chi connectivity index (χ0v) is 4.80. The Morgan fingerprint density at radius 3 is 2.30 bits per heavy atom. The summed E-state index contributed by atoms with van der Waals surface area (Å²) in [7, 11) is 0. The van der Waals surface area contributed by atoms with E-state index in [0.29, 0.717) is 0 Å². The lowest BCUT2D eigenvalue weighted by Gasteiger charge is -1.74. The van der Waals surface area contributed by atoms with Gasteiger partial charge in [0.1, 0.15) is 0 Å². The van der Waals surface area contributed by atoms with Gasteiger partial charge in [0.05, 0.1) is 5.09 Å². The number of rotatable bonds is 0. The molecule has 0 aromatic carbocycles. The van der Waals surface area contributed by atoms with Crippen molar-refractivity contribution in [3.05, 3.63) is 28.0 Å². The van der Waals surface area contributed by atoms with E-state index in [9.17, 15) is 0 Å². The average Bonchev–Trinajstić information content (AvgIpc) is 2.15. The number of hydrogen-bond acceptors (Lipinski definition) is 5. The van der Waals surface area contributed by atoms with Crippen LogP contribution < -0.4 is 10.5 Å². The molecular weight excluding hydrogens is 142 g/mol. The Bertz CT molecular complexity index is 179. The third-order valence-electron chi connectivity index (χ3n) is 0.472. The highest BCUT2D eigenvalue weighted by molar-refractivity contribution is 4.26. The number of nitrogens with zero attached hydrogens (tertiary/aromatic N) is 3. The maximum Gasteiger partial charge on any atom is 0.286 e. The van der Waals surface area contributed by atoms with E-state index in [4.69, 9.17) is 21.2 Å². The SMILES string of the molecule is N[n+]1cn[nH]c1.O=[N+]([O-])[O-]. The van der Waals surface area contributed by atoms with Gasteiger partial charge in [-0.25, -0.2) is 0 Å². The Kier molecular flexibility index (Phi) is 3.31. The molecule has 0 saturated heterocycles. The molecule has 0 fully saturated rings. The largest absolute Gasteiger partial charge is 0.356 e. The summed E-state index contributed by atoms with van der Waals surface area (Å²) in [6, 6.07) is 0. The molecule has 10 heavy (non-hydrogen) atoms. The summed E-state index contributed by atoms with van der Waals surface area (Å²) in [5.74, 6) is 5.10. The second kappa shape index (κ2) is 4.06. The van der Waals surface area contributed by atoms with Crippen LogP contribution in [0.5, 0.6) is 0 Å². The lowest BCUT2D eigenvalue weighted by atomic mass is 11.3. The standard InChI is InChI=1S/C2H4N4.NO3/c3-6-1-4-5-2-6;2-1(3)4/h1-2H,3H2;/q;-1/p+1. The number of hydrogen-bond donors (Lipinski definition) is 2. The summed E-state index contributed by atoms with van der Waals surface area (Å²) in [6.07, 6.45) is 3.01. The third kappa shape index (κ3) is 6.14. The van der Waals surface area contributed by atoms with Gasteiger partial charge in [-0.2, -0.15) is 0 Å². The van der Waals surface area contributed by atoms with Crippen LogP contribution in [0.1, 0.15) is 0 Å². The first-order valence-corrected chi connectivity index (χ1v) is 2.09. The van der Waals surface area contributed by atoms with Gasteiger partial charge in [-0.3, -0.25) is 5.84 Å². The minimum Gasteiger partial charge on any atom is -0.356 e. The third-order valence-corrected chi connectivity index (χ3v) is 0.472. The van der Waals surface area contributed by atoms with Gasteiger partial charge in [-0.05, 0) is 0 Å². The average molecular weight is 147 g/mol. The smallest absolute Gasteiger partial charge is 0.286 e. The second-order valence-corrected chi connectivity index (χ2v) is 1.17. The summed E-state index contributed by atoms with van der Waals surface area (Å²) >= 11 is 0. The number of nitrogens with one attached hydrogen (secondary N) is 1. The zero-order valence-electron chi connectivity index (χ0n) is 4.80. The summed E-state index contributed by atoms with van der Waals surface area (Å²) in [4.78, 5) is 8.25. The van der Waals surface area contributed by atoms with Gasteiger partial charge < -0.3 is 15.3 Å². The Morgan fingerprint density at radius 2 is 2.20 bits per heavy atom. The van der Waals surface area contributed by atoms with Crippen LogP contribution in [0.15, 0.2) is 12.7 Å². The van der Waals surface area contributed by atoms with Crippen molar-refractivity contribution < 1.29 is 9.76 Å². The van der Waals surface area contributed by atoms with Crippen LogP contribution in [0, 0.1) is 15.3 Å². The van der Waals surface area contributed by atoms with E-state index >= 15 is 0 Å². The predicted octanol–water partition coefficient (Wildman–Crippen LogP) is -1.83. The van der Waals surface area contributed by atoms with Gasteiger partial charge in [0.25, 0.3) is 6.33 Å². The molecule has 3 N–H and O–H groups in total.